The lowest BCUT2D eigenvalue weighted by atomic mass is 9.84. The van der Waals surface area contributed by atoms with Crippen LogP contribution in [0.25, 0.3) is 22.9 Å². The molecule has 0 saturated carbocycles. The minimum absolute atomic E-state index is 0.0172. The summed E-state index contributed by atoms with van der Waals surface area (Å²) in [5.41, 5.74) is 4.62. The van der Waals surface area contributed by atoms with Crippen LogP contribution >= 0.6 is 11.6 Å². The average molecular weight is 765 g/mol. The zero-order chi connectivity index (χ0) is 39.1. The molecule has 5 aromatic rings. The van der Waals surface area contributed by atoms with E-state index in [4.69, 9.17) is 16.3 Å². The summed E-state index contributed by atoms with van der Waals surface area (Å²) in [6.07, 6.45) is 5.41. The number of hydrogen-bond donors (Lipinski definition) is 1. The van der Waals surface area contributed by atoms with E-state index in [1.807, 2.05) is 49.3 Å². The number of nitrogens with zero attached hydrogens (tertiary/aromatic N) is 7. The lowest BCUT2D eigenvalue weighted by molar-refractivity contribution is -0.136. The molecule has 3 heterocycles. The van der Waals surface area contributed by atoms with Gasteiger partial charge in [0.05, 0.1) is 29.3 Å². The van der Waals surface area contributed by atoms with Crippen LogP contribution in [-0.4, -0.2) is 98.9 Å². The SMILES string of the molecule is CCOC(=O)c1ccc(CC(=O)[C@@H]2c3cccc(-c4ccc(C(=O)NCCN(C)C)cc4)c3CCN2C(=O)/C=C/c2c(-n3cnnn3)ccc(Cl)c2F)nc1. The molecule has 3 aromatic carbocycles. The molecular formula is C40H38ClFN8O5. The molecule has 2 aromatic heterocycles. The third-order valence-electron chi connectivity index (χ3n) is 9.10. The maximum Gasteiger partial charge on any atom is 0.339 e. The van der Waals surface area contributed by atoms with Crippen LogP contribution in [0.2, 0.25) is 5.02 Å². The monoisotopic (exact) mass is 764 g/mol. The van der Waals surface area contributed by atoms with Gasteiger partial charge < -0.3 is 19.9 Å². The van der Waals surface area contributed by atoms with E-state index in [0.717, 1.165) is 16.7 Å². The van der Waals surface area contributed by atoms with Crippen molar-refractivity contribution in [2.45, 2.75) is 25.8 Å². The van der Waals surface area contributed by atoms with Gasteiger partial charge in [0, 0.05) is 48.7 Å². The summed E-state index contributed by atoms with van der Waals surface area (Å²) >= 11 is 6.11. The molecule has 0 radical (unpaired) electrons. The molecule has 0 spiro atoms. The predicted molar refractivity (Wildman–Crippen MR) is 203 cm³/mol. The Morgan fingerprint density at radius 3 is 2.51 bits per heavy atom. The molecule has 1 aliphatic heterocycles. The van der Waals surface area contributed by atoms with Gasteiger partial charge in [0.2, 0.25) is 5.91 Å². The summed E-state index contributed by atoms with van der Waals surface area (Å²) in [6.45, 7) is 3.31. The summed E-state index contributed by atoms with van der Waals surface area (Å²) in [7, 11) is 3.87. The minimum Gasteiger partial charge on any atom is -0.462 e. The number of carbonyl (C=O) groups excluding carboxylic acids is 4. The number of Topliss-reactive ketones (excluding diaryl/α,β-unsaturated/α-hetero) is 1. The van der Waals surface area contributed by atoms with Crippen LogP contribution in [0, 0.1) is 5.82 Å². The standard InChI is InChI=1S/C40H38ClFN8O5/c1-4-55-40(54)27-12-13-28(44-23-27)22-35(51)38-31-7-5-6-29(25-8-10-26(11-9-25)39(53)43-19-21-48(2)3)30(31)18-20-49(38)36(52)17-14-32-34(50-24-45-46-47-50)16-15-33(41)37(32)42/h5-17,23-24,38H,4,18-22H2,1-3H3,(H,43,53)/b17-14+/t38-/m0/s1. The van der Waals surface area contributed by atoms with Crippen molar-refractivity contribution in [3.63, 3.8) is 0 Å². The molecule has 1 N–H and O–H groups in total. The van der Waals surface area contributed by atoms with E-state index in [0.29, 0.717) is 36.3 Å². The van der Waals surface area contributed by atoms with Crippen molar-refractivity contribution < 1.29 is 28.3 Å². The molecule has 13 nitrogen and oxygen atoms in total. The number of carbonyl (C=O) groups is 4. The summed E-state index contributed by atoms with van der Waals surface area (Å²) in [6, 6.07) is 17.8. The zero-order valence-electron chi connectivity index (χ0n) is 30.4. The molecule has 0 unspecified atom stereocenters. The number of tetrazole rings is 1. The molecule has 55 heavy (non-hydrogen) atoms. The van der Waals surface area contributed by atoms with E-state index in [2.05, 4.69) is 25.8 Å². The van der Waals surface area contributed by atoms with Crippen molar-refractivity contribution in [3.8, 4) is 16.8 Å². The Morgan fingerprint density at radius 1 is 1.04 bits per heavy atom. The molecule has 2 amide bonds. The molecular weight excluding hydrogens is 727 g/mol. The summed E-state index contributed by atoms with van der Waals surface area (Å²) in [4.78, 5) is 61.1. The summed E-state index contributed by atoms with van der Waals surface area (Å²) in [5, 5.41) is 13.8. The fourth-order valence-electron chi connectivity index (χ4n) is 6.40. The van der Waals surface area contributed by atoms with Gasteiger partial charge in [-0.3, -0.25) is 19.4 Å². The third-order valence-corrected chi connectivity index (χ3v) is 9.39. The van der Waals surface area contributed by atoms with Gasteiger partial charge in [-0.25, -0.2) is 9.18 Å². The van der Waals surface area contributed by atoms with E-state index in [1.54, 1.807) is 31.2 Å². The fourth-order valence-corrected chi connectivity index (χ4v) is 6.56. The molecule has 1 atom stereocenters. The van der Waals surface area contributed by atoms with Gasteiger partial charge in [0.15, 0.2) is 11.6 Å². The van der Waals surface area contributed by atoms with E-state index in [1.165, 1.54) is 46.4 Å². The normalized spacial score (nSPS) is 13.9. The van der Waals surface area contributed by atoms with Crippen LogP contribution in [0.15, 0.2) is 85.3 Å². The van der Waals surface area contributed by atoms with Crippen molar-refractivity contribution in [1.29, 1.82) is 0 Å². The number of amides is 2. The highest BCUT2D eigenvalue weighted by atomic mass is 35.5. The number of ketones is 1. The smallest absolute Gasteiger partial charge is 0.339 e. The predicted octanol–water partition coefficient (Wildman–Crippen LogP) is 4.94. The largest absolute Gasteiger partial charge is 0.462 e. The maximum absolute atomic E-state index is 15.4. The number of pyridine rings is 1. The Kier molecular flexibility index (Phi) is 12.2. The highest BCUT2D eigenvalue weighted by Gasteiger charge is 2.36. The average Bonchev–Trinajstić information content (AvgIpc) is 3.73. The second-order valence-electron chi connectivity index (χ2n) is 13.0. The number of likely N-dealkylation sites (N-methyl/N-ethyl adjacent to an activating group) is 1. The maximum atomic E-state index is 15.4. The van der Waals surface area contributed by atoms with Gasteiger partial charge in [-0.2, -0.15) is 4.68 Å². The second-order valence-corrected chi connectivity index (χ2v) is 13.4. The van der Waals surface area contributed by atoms with Crippen molar-refractivity contribution >= 4 is 41.2 Å². The number of fused-ring (bicyclic) bond motifs is 1. The first-order valence-electron chi connectivity index (χ1n) is 17.6. The molecule has 15 heteroatoms. The fraction of sp³-hybridized carbons (Fsp3) is 0.250. The first-order chi connectivity index (χ1) is 26.5. The Morgan fingerprint density at radius 2 is 1.82 bits per heavy atom. The number of benzene rings is 3. The minimum atomic E-state index is -1.03. The molecule has 6 rings (SSSR count). The van der Waals surface area contributed by atoms with Gasteiger partial charge >= 0.3 is 5.97 Å². The first-order valence-corrected chi connectivity index (χ1v) is 17.9. The Hall–Kier alpha value is -6.12. The number of esters is 1. The summed E-state index contributed by atoms with van der Waals surface area (Å²) in [5.74, 6) is -2.32. The molecule has 282 valence electrons. The van der Waals surface area contributed by atoms with Gasteiger partial charge in [-0.05, 0) is 103 Å². The van der Waals surface area contributed by atoms with E-state index < -0.39 is 23.7 Å². The number of nitrogens with one attached hydrogen (secondary N) is 1. The molecule has 0 aliphatic carbocycles. The Labute approximate surface area is 321 Å². The molecule has 1 aliphatic rings. The van der Waals surface area contributed by atoms with Crippen LogP contribution in [0.5, 0.6) is 0 Å². The van der Waals surface area contributed by atoms with E-state index >= 15 is 4.39 Å². The van der Waals surface area contributed by atoms with E-state index in [-0.39, 0.29) is 53.1 Å². The van der Waals surface area contributed by atoms with Gasteiger partial charge in [-0.15, -0.1) is 5.10 Å². The Balaban J connectivity index is 1.33. The second kappa shape index (κ2) is 17.3. The van der Waals surface area contributed by atoms with Gasteiger partial charge in [0.1, 0.15) is 12.4 Å². The number of ether oxygens (including phenoxy) is 1. The molecule has 0 fully saturated rings. The Bertz CT molecular complexity index is 2230. The highest BCUT2D eigenvalue weighted by molar-refractivity contribution is 6.31. The van der Waals surface area contributed by atoms with Crippen LogP contribution in [0.1, 0.15) is 56.1 Å². The van der Waals surface area contributed by atoms with Crippen molar-refractivity contribution in [2.24, 2.45) is 0 Å². The third kappa shape index (κ3) is 8.82. The van der Waals surface area contributed by atoms with Crippen molar-refractivity contribution in [2.75, 3.05) is 40.3 Å². The first kappa shape index (κ1) is 38.6. The highest BCUT2D eigenvalue weighted by Crippen LogP contribution is 2.38. The number of aromatic nitrogens is 5. The quantitative estimate of drug-likeness (QED) is 0.129. The lowest BCUT2D eigenvalue weighted by Gasteiger charge is -2.37. The number of hydrogen-bond acceptors (Lipinski definition) is 10. The van der Waals surface area contributed by atoms with Crippen LogP contribution in [-0.2, 0) is 27.2 Å². The van der Waals surface area contributed by atoms with Crippen LogP contribution in [0.3, 0.4) is 0 Å². The van der Waals surface area contributed by atoms with Crippen LogP contribution in [0.4, 0.5) is 4.39 Å². The van der Waals surface area contributed by atoms with Crippen LogP contribution < -0.4 is 5.32 Å². The topological polar surface area (TPSA) is 153 Å². The van der Waals surface area contributed by atoms with Gasteiger partial charge in [0.25, 0.3) is 5.91 Å². The number of rotatable bonds is 13. The zero-order valence-corrected chi connectivity index (χ0v) is 31.2. The van der Waals surface area contributed by atoms with Crippen molar-refractivity contribution in [1.82, 2.24) is 40.3 Å². The lowest BCUT2D eigenvalue weighted by Crippen LogP contribution is -2.43. The van der Waals surface area contributed by atoms with Crippen molar-refractivity contribution in [3.05, 3.63) is 130 Å². The number of halogens is 2. The summed E-state index contributed by atoms with van der Waals surface area (Å²) < 4.78 is 21.7. The molecule has 0 saturated heterocycles. The molecule has 0 bridgehead atoms. The van der Waals surface area contributed by atoms with E-state index in [9.17, 15) is 19.2 Å². The van der Waals surface area contributed by atoms with Gasteiger partial charge in [-0.1, -0.05) is 41.9 Å².